The normalized spacial score (nSPS) is 17.5. The van der Waals surface area contributed by atoms with Gasteiger partial charge in [-0.25, -0.2) is 0 Å². The molecule has 196 valence electrons. The van der Waals surface area contributed by atoms with E-state index in [1.54, 1.807) is 36.3 Å². The quantitative estimate of drug-likeness (QED) is 0.351. The van der Waals surface area contributed by atoms with Crippen LogP contribution < -0.4 is 5.32 Å². The molecule has 9 heteroatoms. The van der Waals surface area contributed by atoms with Gasteiger partial charge in [-0.05, 0) is 42.0 Å². The lowest BCUT2D eigenvalue weighted by Gasteiger charge is -2.41. The van der Waals surface area contributed by atoms with Crippen molar-refractivity contribution in [1.29, 1.82) is 0 Å². The first kappa shape index (κ1) is 25.5. The standard InChI is InChI=1S/C29H26F3N3O3/c1-34-17-23(20-7-5-6-10-24(20)34)26-25(27(36)33-19-13-11-18(12-14-19)29(30,31)32)21-8-3-4-9-22(21)28(37)35(26)15-16-38-2/h3-14,17,25-26H,15-16H2,1-2H3,(H,33,36). The van der Waals surface area contributed by atoms with Gasteiger partial charge in [-0.2, -0.15) is 13.2 Å². The summed E-state index contributed by atoms with van der Waals surface area (Å²) < 4.78 is 46.4. The summed E-state index contributed by atoms with van der Waals surface area (Å²) in [6.07, 6.45) is -2.55. The maximum absolute atomic E-state index is 14.0. The van der Waals surface area contributed by atoms with E-state index in [-0.39, 0.29) is 24.7 Å². The third-order valence-corrected chi connectivity index (χ3v) is 6.98. The molecular weight excluding hydrogens is 495 g/mol. The molecule has 3 aromatic carbocycles. The molecule has 2 unspecified atom stereocenters. The number of carbonyl (C=O) groups excluding carboxylic acids is 2. The number of carbonyl (C=O) groups is 2. The van der Waals surface area contributed by atoms with E-state index >= 15 is 0 Å². The monoisotopic (exact) mass is 521 g/mol. The van der Waals surface area contributed by atoms with Crippen molar-refractivity contribution < 1.29 is 27.5 Å². The molecule has 0 bridgehead atoms. The second-order valence-corrected chi connectivity index (χ2v) is 9.28. The summed E-state index contributed by atoms with van der Waals surface area (Å²) in [5.74, 6) is -1.46. The molecule has 2 amide bonds. The Morgan fingerprint density at radius 2 is 1.66 bits per heavy atom. The van der Waals surface area contributed by atoms with Crippen LogP contribution in [0.2, 0.25) is 0 Å². The summed E-state index contributed by atoms with van der Waals surface area (Å²) in [6, 6.07) is 18.4. The van der Waals surface area contributed by atoms with E-state index < -0.39 is 29.6 Å². The molecule has 2 atom stereocenters. The molecule has 1 N–H and O–H groups in total. The highest BCUT2D eigenvalue weighted by Crippen LogP contribution is 2.45. The Kier molecular flexibility index (Phi) is 6.71. The zero-order valence-electron chi connectivity index (χ0n) is 20.8. The molecule has 1 aliphatic heterocycles. The van der Waals surface area contributed by atoms with Gasteiger partial charge in [-0.3, -0.25) is 9.59 Å². The van der Waals surface area contributed by atoms with E-state index in [0.29, 0.717) is 11.1 Å². The average molecular weight is 522 g/mol. The molecule has 6 nitrogen and oxygen atoms in total. The van der Waals surface area contributed by atoms with Gasteiger partial charge in [0.05, 0.1) is 24.1 Å². The number of nitrogens with one attached hydrogen (secondary N) is 1. The Labute approximate surface area is 217 Å². The topological polar surface area (TPSA) is 63.6 Å². The van der Waals surface area contributed by atoms with Crippen molar-refractivity contribution in [3.05, 3.63) is 101 Å². The number of hydrogen-bond acceptors (Lipinski definition) is 3. The number of amides is 2. The highest BCUT2D eigenvalue weighted by atomic mass is 19.4. The number of anilines is 1. The highest BCUT2D eigenvalue weighted by molar-refractivity contribution is 6.05. The van der Waals surface area contributed by atoms with Gasteiger partial charge < -0.3 is 19.5 Å². The zero-order valence-corrected chi connectivity index (χ0v) is 20.8. The van der Waals surface area contributed by atoms with Gasteiger partial charge in [0, 0.05) is 54.6 Å². The first-order valence-corrected chi connectivity index (χ1v) is 12.1. The number of ether oxygens (including phenoxy) is 1. The van der Waals surface area contributed by atoms with E-state index in [4.69, 9.17) is 4.74 Å². The zero-order chi connectivity index (χ0) is 27.0. The maximum Gasteiger partial charge on any atom is 0.416 e. The van der Waals surface area contributed by atoms with Crippen LogP contribution in [0, 0.1) is 0 Å². The van der Waals surface area contributed by atoms with Crippen molar-refractivity contribution in [2.45, 2.75) is 18.1 Å². The van der Waals surface area contributed by atoms with Crippen LogP contribution in [0.5, 0.6) is 0 Å². The molecule has 0 saturated carbocycles. The predicted molar refractivity (Wildman–Crippen MR) is 138 cm³/mol. The van der Waals surface area contributed by atoms with Gasteiger partial charge in [0.25, 0.3) is 5.91 Å². The number of aromatic nitrogens is 1. The minimum atomic E-state index is -4.48. The van der Waals surface area contributed by atoms with Gasteiger partial charge in [0.2, 0.25) is 5.91 Å². The number of methoxy groups -OCH3 is 1. The number of alkyl halides is 3. The van der Waals surface area contributed by atoms with E-state index in [9.17, 15) is 22.8 Å². The molecule has 0 saturated heterocycles. The number of fused-ring (bicyclic) bond motifs is 2. The van der Waals surface area contributed by atoms with Crippen LogP contribution in [0.4, 0.5) is 18.9 Å². The Hall–Kier alpha value is -4.11. The summed E-state index contributed by atoms with van der Waals surface area (Å²) in [6.45, 7) is 0.518. The second kappa shape index (κ2) is 9.98. The first-order chi connectivity index (χ1) is 18.2. The Morgan fingerprint density at radius 1 is 0.974 bits per heavy atom. The Morgan fingerprint density at radius 3 is 2.37 bits per heavy atom. The summed E-state index contributed by atoms with van der Waals surface area (Å²) in [4.78, 5) is 29.3. The molecule has 1 aromatic heterocycles. The second-order valence-electron chi connectivity index (χ2n) is 9.28. The molecule has 0 aliphatic carbocycles. The lowest BCUT2D eigenvalue weighted by Crippen LogP contribution is -2.47. The van der Waals surface area contributed by atoms with Crippen molar-refractivity contribution in [1.82, 2.24) is 9.47 Å². The number of benzene rings is 3. The fourth-order valence-corrected chi connectivity index (χ4v) is 5.23. The van der Waals surface area contributed by atoms with E-state index in [0.717, 1.165) is 28.6 Å². The minimum Gasteiger partial charge on any atom is -0.383 e. The van der Waals surface area contributed by atoms with E-state index in [2.05, 4.69) is 5.32 Å². The third kappa shape index (κ3) is 4.54. The molecule has 38 heavy (non-hydrogen) atoms. The van der Waals surface area contributed by atoms with Crippen molar-refractivity contribution in [3.63, 3.8) is 0 Å². The van der Waals surface area contributed by atoms with Crippen LogP contribution in [0.1, 0.15) is 39.0 Å². The van der Waals surface area contributed by atoms with Gasteiger partial charge in [0.15, 0.2) is 0 Å². The number of hydrogen-bond donors (Lipinski definition) is 1. The lowest BCUT2D eigenvalue weighted by molar-refractivity contribution is -0.137. The van der Waals surface area contributed by atoms with Crippen LogP contribution in [-0.2, 0) is 22.8 Å². The molecule has 2 heterocycles. The SMILES string of the molecule is COCCN1C(=O)c2ccccc2C(C(=O)Nc2ccc(C(F)(F)F)cc2)C1c1cn(C)c2ccccc12. The summed E-state index contributed by atoms with van der Waals surface area (Å²) in [7, 11) is 3.45. The maximum atomic E-state index is 14.0. The fraction of sp³-hybridized carbons (Fsp3) is 0.241. The molecular formula is C29H26F3N3O3. The molecule has 0 fully saturated rings. The molecule has 5 rings (SSSR count). The van der Waals surface area contributed by atoms with Crippen molar-refractivity contribution in [2.75, 3.05) is 25.6 Å². The van der Waals surface area contributed by atoms with Gasteiger partial charge >= 0.3 is 6.18 Å². The number of para-hydroxylation sites is 1. The van der Waals surface area contributed by atoms with Gasteiger partial charge in [-0.15, -0.1) is 0 Å². The molecule has 0 spiro atoms. The number of halogens is 3. The smallest absolute Gasteiger partial charge is 0.383 e. The average Bonchev–Trinajstić information content (AvgIpc) is 3.24. The van der Waals surface area contributed by atoms with Gasteiger partial charge in [0.1, 0.15) is 0 Å². The van der Waals surface area contributed by atoms with Crippen molar-refractivity contribution in [3.8, 4) is 0 Å². The van der Waals surface area contributed by atoms with Crippen LogP contribution in [-0.4, -0.2) is 41.5 Å². The van der Waals surface area contributed by atoms with Gasteiger partial charge in [-0.1, -0.05) is 36.4 Å². The summed E-state index contributed by atoms with van der Waals surface area (Å²) in [5.41, 5.74) is 2.15. The number of rotatable bonds is 6. The predicted octanol–water partition coefficient (Wildman–Crippen LogP) is 5.76. The van der Waals surface area contributed by atoms with Crippen LogP contribution in [0.3, 0.4) is 0 Å². The first-order valence-electron chi connectivity index (χ1n) is 12.1. The number of aryl methyl sites for hydroxylation is 1. The van der Waals surface area contributed by atoms with Crippen molar-refractivity contribution in [2.24, 2.45) is 7.05 Å². The van der Waals surface area contributed by atoms with Crippen LogP contribution >= 0.6 is 0 Å². The van der Waals surface area contributed by atoms with E-state index in [1.807, 2.05) is 42.1 Å². The summed E-state index contributed by atoms with van der Waals surface area (Å²) >= 11 is 0. The minimum absolute atomic E-state index is 0.214. The largest absolute Gasteiger partial charge is 0.416 e. The molecule has 0 radical (unpaired) electrons. The van der Waals surface area contributed by atoms with Crippen molar-refractivity contribution >= 4 is 28.4 Å². The lowest BCUT2D eigenvalue weighted by atomic mass is 9.79. The Bertz CT molecular complexity index is 1490. The third-order valence-electron chi connectivity index (χ3n) is 6.98. The molecule has 4 aromatic rings. The highest BCUT2D eigenvalue weighted by Gasteiger charge is 2.45. The van der Waals surface area contributed by atoms with E-state index in [1.165, 1.54) is 12.1 Å². The molecule has 1 aliphatic rings. The fourth-order valence-electron chi connectivity index (χ4n) is 5.23. The van der Waals surface area contributed by atoms with Crippen LogP contribution in [0.25, 0.3) is 10.9 Å². The Balaban J connectivity index is 1.63. The summed E-state index contributed by atoms with van der Waals surface area (Å²) in [5, 5.41) is 3.70. The van der Waals surface area contributed by atoms with Crippen LogP contribution in [0.15, 0.2) is 79.0 Å². The number of nitrogens with zero attached hydrogens (tertiary/aromatic N) is 2.